The summed E-state index contributed by atoms with van der Waals surface area (Å²) in [5.41, 5.74) is 1.52. The Kier molecular flexibility index (Phi) is 6.38. The number of nitrogens with zero attached hydrogens (tertiary/aromatic N) is 1. The molecule has 5 nitrogen and oxygen atoms in total. The van der Waals surface area contributed by atoms with E-state index in [2.05, 4.69) is 6.58 Å². The van der Waals surface area contributed by atoms with Crippen LogP contribution in [-0.4, -0.2) is 31.1 Å². The molecule has 0 aliphatic carbocycles. The molecule has 2 aromatic carbocycles. The molecule has 0 spiro atoms. The molecule has 1 fully saturated rings. The first-order valence-electron chi connectivity index (χ1n) is 8.41. The molecule has 2 aromatic rings. The summed E-state index contributed by atoms with van der Waals surface area (Å²) in [6.07, 6.45) is 3.46. The molecular weight excluding hydrogens is 394 g/mol. The van der Waals surface area contributed by atoms with E-state index in [0.717, 1.165) is 11.3 Å². The third-order valence-corrected chi connectivity index (χ3v) is 5.27. The lowest BCUT2D eigenvalue weighted by atomic mass is 10.2. The molecule has 1 amide bonds. The summed E-state index contributed by atoms with van der Waals surface area (Å²) in [4.78, 5) is 15.0. The first kappa shape index (κ1) is 20.0. The van der Waals surface area contributed by atoms with Gasteiger partial charge in [-0.2, -0.15) is 0 Å². The Labute approximate surface area is 173 Å². The number of thioether (sulfide) groups is 1. The molecule has 0 N–H and O–H groups in total. The highest BCUT2D eigenvalue weighted by atomic mass is 32.2. The predicted octanol–water partition coefficient (Wildman–Crippen LogP) is 4.67. The number of ether oxygens (including phenoxy) is 3. The van der Waals surface area contributed by atoms with Crippen molar-refractivity contribution in [2.75, 3.05) is 25.7 Å². The molecule has 7 heteroatoms. The second-order valence-corrected chi connectivity index (χ2v) is 7.40. The zero-order valence-electron chi connectivity index (χ0n) is 15.5. The van der Waals surface area contributed by atoms with Gasteiger partial charge >= 0.3 is 0 Å². The van der Waals surface area contributed by atoms with Gasteiger partial charge in [0, 0.05) is 0 Å². The van der Waals surface area contributed by atoms with E-state index in [0.29, 0.717) is 33.0 Å². The summed E-state index contributed by atoms with van der Waals surface area (Å²) in [6.45, 7) is 4.02. The molecule has 0 radical (unpaired) electrons. The fourth-order valence-corrected chi connectivity index (χ4v) is 3.91. The van der Waals surface area contributed by atoms with Gasteiger partial charge < -0.3 is 14.2 Å². The lowest BCUT2D eigenvalue weighted by molar-refractivity contribution is -0.113. The fraction of sp³-hybridized carbons (Fsp3) is 0.143. The van der Waals surface area contributed by atoms with Crippen LogP contribution in [0.25, 0.3) is 6.08 Å². The quantitative estimate of drug-likeness (QED) is 0.373. The fourth-order valence-electron chi connectivity index (χ4n) is 2.61. The lowest BCUT2D eigenvalue weighted by Crippen LogP contribution is -2.27. The molecule has 1 heterocycles. The zero-order valence-corrected chi connectivity index (χ0v) is 17.1. The van der Waals surface area contributed by atoms with Crippen molar-refractivity contribution in [3.05, 3.63) is 65.6 Å². The normalized spacial score (nSPS) is 15.1. The Hall–Kier alpha value is -2.77. The van der Waals surface area contributed by atoms with Crippen molar-refractivity contribution in [3.8, 4) is 17.2 Å². The lowest BCUT2D eigenvalue weighted by Gasteiger charge is -2.14. The summed E-state index contributed by atoms with van der Waals surface area (Å²) >= 11 is 6.68. The Bertz CT molecular complexity index is 938. The minimum Gasteiger partial charge on any atom is -0.497 e. The van der Waals surface area contributed by atoms with E-state index in [4.69, 9.17) is 26.4 Å². The largest absolute Gasteiger partial charge is 0.497 e. The number of methoxy groups -OCH3 is 2. The molecular formula is C21H19NO4S2. The number of anilines is 1. The summed E-state index contributed by atoms with van der Waals surface area (Å²) < 4.78 is 16.6. The number of amides is 1. The third kappa shape index (κ3) is 4.21. The average molecular weight is 414 g/mol. The Morgan fingerprint density at radius 3 is 2.50 bits per heavy atom. The standard InChI is InChI=1S/C21H19NO4S2/c1-4-11-26-17-10-5-14(12-18(17)25-3)13-19-20(23)22(21(27)28-19)15-6-8-16(24-2)9-7-15/h4-10,12-13H,1,11H2,2-3H3/b19-13-. The van der Waals surface area contributed by atoms with E-state index in [1.807, 2.05) is 12.1 Å². The maximum atomic E-state index is 12.9. The van der Waals surface area contributed by atoms with Crippen LogP contribution in [0.15, 0.2) is 60.0 Å². The van der Waals surface area contributed by atoms with Crippen LogP contribution in [0.5, 0.6) is 17.2 Å². The van der Waals surface area contributed by atoms with Crippen molar-refractivity contribution in [1.82, 2.24) is 0 Å². The number of carbonyl (C=O) groups is 1. The van der Waals surface area contributed by atoms with Gasteiger partial charge in [-0.05, 0) is 48.0 Å². The third-order valence-electron chi connectivity index (χ3n) is 3.97. The molecule has 0 aromatic heterocycles. The number of rotatable bonds is 7. The van der Waals surface area contributed by atoms with Crippen molar-refractivity contribution >= 4 is 46.0 Å². The molecule has 144 valence electrons. The summed E-state index contributed by atoms with van der Waals surface area (Å²) in [5, 5.41) is 0. The molecule has 1 saturated heterocycles. The molecule has 0 unspecified atom stereocenters. The minimum absolute atomic E-state index is 0.161. The van der Waals surface area contributed by atoms with Gasteiger partial charge in [0.05, 0.1) is 24.8 Å². The highest BCUT2D eigenvalue weighted by molar-refractivity contribution is 8.27. The number of hydrogen-bond donors (Lipinski definition) is 0. The van der Waals surface area contributed by atoms with Crippen LogP contribution in [0.1, 0.15) is 5.56 Å². The van der Waals surface area contributed by atoms with Gasteiger partial charge in [0.15, 0.2) is 15.8 Å². The van der Waals surface area contributed by atoms with E-state index in [1.54, 1.807) is 56.7 Å². The first-order chi connectivity index (χ1) is 13.6. The highest BCUT2D eigenvalue weighted by Crippen LogP contribution is 2.37. The Morgan fingerprint density at radius 1 is 1.11 bits per heavy atom. The van der Waals surface area contributed by atoms with Gasteiger partial charge in [-0.1, -0.05) is 42.7 Å². The number of carbonyl (C=O) groups excluding carboxylic acids is 1. The highest BCUT2D eigenvalue weighted by Gasteiger charge is 2.33. The van der Waals surface area contributed by atoms with Crippen molar-refractivity contribution in [3.63, 3.8) is 0 Å². The predicted molar refractivity (Wildman–Crippen MR) is 117 cm³/mol. The molecule has 0 bridgehead atoms. The summed E-state index contributed by atoms with van der Waals surface area (Å²) in [5.74, 6) is 1.76. The monoisotopic (exact) mass is 413 g/mol. The molecule has 1 aliphatic heterocycles. The van der Waals surface area contributed by atoms with Crippen molar-refractivity contribution in [1.29, 1.82) is 0 Å². The van der Waals surface area contributed by atoms with Crippen LogP contribution in [-0.2, 0) is 4.79 Å². The zero-order chi connectivity index (χ0) is 20.1. The van der Waals surface area contributed by atoms with Gasteiger partial charge in [0.2, 0.25) is 0 Å². The van der Waals surface area contributed by atoms with Crippen LogP contribution >= 0.6 is 24.0 Å². The van der Waals surface area contributed by atoms with Crippen molar-refractivity contribution in [2.45, 2.75) is 0 Å². The Balaban J connectivity index is 1.85. The van der Waals surface area contributed by atoms with E-state index in [9.17, 15) is 4.79 Å². The van der Waals surface area contributed by atoms with Crippen molar-refractivity contribution < 1.29 is 19.0 Å². The number of hydrogen-bond acceptors (Lipinski definition) is 6. The van der Waals surface area contributed by atoms with Crippen LogP contribution in [0.4, 0.5) is 5.69 Å². The molecule has 0 saturated carbocycles. The topological polar surface area (TPSA) is 48.0 Å². The molecule has 3 rings (SSSR count). The Morgan fingerprint density at radius 2 is 1.86 bits per heavy atom. The second kappa shape index (κ2) is 8.95. The van der Waals surface area contributed by atoms with Crippen LogP contribution in [0.3, 0.4) is 0 Å². The molecule has 0 atom stereocenters. The molecule has 28 heavy (non-hydrogen) atoms. The van der Waals surface area contributed by atoms with Gasteiger partial charge in [0.25, 0.3) is 5.91 Å². The van der Waals surface area contributed by atoms with E-state index >= 15 is 0 Å². The first-order valence-corrected chi connectivity index (χ1v) is 9.63. The van der Waals surface area contributed by atoms with Crippen LogP contribution in [0.2, 0.25) is 0 Å². The maximum absolute atomic E-state index is 12.9. The maximum Gasteiger partial charge on any atom is 0.270 e. The summed E-state index contributed by atoms with van der Waals surface area (Å²) in [7, 11) is 3.17. The van der Waals surface area contributed by atoms with E-state index in [-0.39, 0.29) is 5.91 Å². The van der Waals surface area contributed by atoms with Gasteiger partial charge in [-0.3, -0.25) is 9.69 Å². The smallest absolute Gasteiger partial charge is 0.270 e. The summed E-state index contributed by atoms with van der Waals surface area (Å²) in [6, 6.07) is 12.7. The SMILES string of the molecule is C=CCOc1ccc(/C=C2\SC(=S)N(c3ccc(OC)cc3)C2=O)cc1OC. The van der Waals surface area contributed by atoms with Gasteiger partial charge in [-0.15, -0.1) is 0 Å². The molecule has 1 aliphatic rings. The minimum atomic E-state index is -0.161. The van der Waals surface area contributed by atoms with Crippen LogP contribution in [0, 0.1) is 0 Å². The van der Waals surface area contributed by atoms with Gasteiger partial charge in [-0.25, -0.2) is 0 Å². The second-order valence-electron chi connectivity index (χ2n) is 5.73. The van der Waals surface area contributed by atoms with E-state index in [1.165, 1.54) is 16.7 Å². The van der Waals surface area contributed by atoms with E-state index < -0.39 is 0 Å². The number of benzene rings is 2. The van der Waals surface area contributed by atoms with Crippen molar-refractivity contribution in [2.24, 2.45) is 0 Å². The average Bonchev–Trinajstić information content (AvgIpc) is 3.00. The number of thiocarbonyl (C=S) groups is 1. The van der Waals surface area contributed by atoms with Crippen LogP contribution < -0.4 is 19.1 Å². The van der Waals surface area contributed by atoms with Gasteiger partial charge in [0.1, 0.15) is 12.4 Å².